The van der Waals surface area contributed by atoms with Crippen LogP contribution >= 0.6 is 0 Å². The van der Waals surface area contributed by atoms with Crippen molar-refractivity contribution in [3.63, 3.8) is 0 Å². The number of nitrogens with one attached hydrogen (secondary N) is 1. The predicted molar refractivity (Wildman–Crippen MR) is 94.5 cm³/mol. The maximum atomic E-state index is 12.1. The fourth-order valence-corrected chi connectivity index (χ4v) is 2.41. The van der Waals surface area contributed by atoms with Crippen molar-refractivity contribution in [1.29, 1.82) is 0 Å². The standard InChI is InChI=1S/C19H17N3O2/c1-13-7-8-15(11-20-13)19(23)22-21-12-17-16-6-4-3-5-14(16)9-10-18(17)24-2/h3-12H,1-2H3,(H,22,23)/b21-12+. The van der Waals surface area contributed by atoms with Gasteiger partial charge >= 0.3 is 0 Å². The third kappa shape index (κ3) is 3.25. The number of methoxy groups -OCH3 is 1. The van der Waals surface area contributed by atoms with Crippen LogP contribution in [0.2, 0.25) is 0 Å². The van der Waals surface area contributed by atoms with Crippen molar-refractivity contribution in [1.82, 2.24) is 10.4 Å². The highest BCUT2D eigenvalue weighted by molar-refractivity contribution is 6.03. The van der Waals surface area contributed by atoms with E-state index in [0.29, 0.717) is 11.3 Å². The molecule has 1 aromatic heterocycles. The Morgan fingerprint density at radius 2 is 2.00 bits per heavy atom. The topological polar surface area (TPSA) is 63.6 Å². The lowest BCUT2D eigenvalue weighted by Gasteiger charge is -2.08. The molecule has 0 atom stereocenters. The number of aromatic nitrogens is 1. The van der Waals surface area contributed by atoms with Crippen LogP contribution in [0.1, 0.15) is 21.6 Å². The van der Waals surface area contributed by atoms with Gasteiger partial charge in [0.25, 0.3) is 5.91 Å². The van der Waals surface area contributed by atoms with Crippen molar-refractivity contribution < 1.29 is 9.53 Å². The average Bonchev–Trinajstić information content (AvgIpc) is 2.62. The second-order valence-corrected chi connectivity index (χ2v) is 5.29. The van der Waals surface area contributed by atoms with Crippen LogP contribution in [0.3, 0.4) is 0 Å². The number of carbonyl (C=O) groups is 1. The van der Waals surface area contributed by atoms with Crippen LogP contribution in [-0.4, -0.2) is 24.2 Å². The van der Waals surface area contributed by atoms with E-state index in [0.717, 1.165) is 22.0 Å². The zero-order valence-corrected chi connectivity index (χ0v) is 13.5. The summed E-state index contributed by atoms with van der Waals surface area (Å²) in [5, 5.41) is 6.15. The Morgan fingerprint density at radius 3 is 2.75 bits per heavy atom. The van der Waals surface area contributed by atoms with Crippen molar-refractivity contribution in [3.8, 4) is 5.75 Å². The molecule has 0 aliphatic carbocycles. The quantitative estimate of drug-likeness (QED) is 0.593. The number of hydrazone groups is 1. The lowest BCUT2D eigenvalue weighted by Crippen LogP contribution is -2.17. The molecule has 2 aromatic carbocycles. The molecule has 0 saturated heterocycles. The van der Waals surface area contributed by atoms with Crippen molar-refractivity contribution in [2.45, 2.75) is 6.92 Å². The summed E-state index contributed by atoms with van der Waals surface area (Å²) < 4.78 is 5.39. The van der Waals surface area contributed by atoms with Crippen molar-refractivity contribution in [2.75, 3.05) is 7.11 Å². The summed E-state index contributed by atoms with van der Waals surface area (Å²) in [7, 11) is 1.61. The number of nitrogens with zero attached hydrogens (tertiary/aromatic N) is 2. The van der Waals surface area contributed by atoms with Gasteiger partial charge in [0.1, 0.15) is 5.75 Å². The van der Waals surface area contributed by atoms with Crippen LogP contribution in [0, 0.1) is 6.92 Å². The first kappa shape index (κ1) is 15.7. The summed E-state index contributed by atoms with van der Waals surface area (Å²) in [6, 6.07) is 15.3. The van der Waals surface area contributed by atoms with Gasteiger partial charge in [0.2, 0.25) is 0 Å². The van der Waals surface area contributed by atoms with Crippen LogP contribution in [-0.2, 0) is 0 Å². The van der Waals surface area contributed by atoms with E-state index >= 15 is 0 Å². The minimum atomic E-state index is -0.307. The number of fused-ring (bicyclic) bond motifs is 1. The second-order valence-electron chi connectivity index (χ2n) is 5.29. The smallest absolute Gasteiger partial charge is 0.272 e. The highest BCUT2D eigenvalue weighted by atomic mass is 16.5. The molecule has 3 rings (SSSR count). The molecule has 1 N–H and O–H groups in total. The fraction of sp³-hybridized carbons (Fsp3) is 0.105. The first-order valence-electron chi connectivity index (χ1n) is 7.51. The van der Waals surface area contributed by atoms with Gasteiger partial charge in [-0.1, -0.05) is 30.3 Å². The summed E-state index contributed by atoms with van der Waals surface area (Å²) >= 11 is 0. The molecule has 1 amide bonds. The van der Waals surface area contributed by atoms with Gasteiger partial charge in [-0.3, -0.25) is 9.78 Å². The van der Waals surface area contributed by atoms with Crippen molar-refractivity contribution in [3.05, 3.63) is 71.5 Å². The van der Waals surface area contributed by atoms with E-state index in [1.165, 1.54) is 6.20 Å². The normalized spacial score (nSPS) is 10.9. The van der Waals surface area contributed by atoms with Crippen molar-refractivity contribution in [2.24, 2.45) is 5.10 Å². The Hall–Kier alpha value is -3.21. The average molecular weight is 319 g/mol. The third-order valence-corrected chi connectivity index (χ3v) is 3.68. The van der Waals surface area contributed by atoms with Crippen LogP contribution in [0.15, 0.2) is 59.8 Å². The lowest BCUT2D eigenvalue weighted by molar-refractivity contribution is 0.0954. The fourth-order valence-electron chi connectivity index (χ4n) is 2.41. The SMILES string of the molecule is COc1ccc2ccccc2c1/C=N/NC(=O)c1ccc(C)nc1. The van der Waals surface area contributed by atoms with Gasteiger partial charge in [-0.2, -0.15) is 5.10 Å². The third-order valence-electron chi connectivity index (χ3n) is 3.68. The summed E-state index contributed by atoms with van der Waals surface area (Å²) in [5.41, 5.74) is 4.65. The number of hydrogen-bond acceptors (Lipinski definition) is 4. The van der Waals surface area contributed by atoms with Crippen LogP contribution in [0.25, 0.3) is 10.8 Å². The number of hydrogen-bond donors (Lipinski definition) is 1. The molecule has 5 heteroatoms. The lowest BCUT2D eigenvalue weighted by atomic mass is 10.0. The van der Waals surface area contributed by atoms with E-state index in [4.69, 9.17) is 4.74 Å². The molecule has 0 aliphatic rings. The van der Waals surface area contributed by atoms with E-state index in [1.54, 1.807) is 25.5 Å². The number of rotatable bonds is 4. The van der Waals surface area contributed by atoms with Crippen LogP contribution < -0.4 is 10.2 Å². The second kappa shape index (κ2) is 6.91. The maximum Gasteiger partial charge on any atom is 0.272 e. The van der Waals surface area contributed by atoms with E-state index in [9.17, 15) is 4.79 Å². The molecule has 3 aromatic rings. The van der Waals surface area contributed by atoms with Gasteiger partial charge in [0.05, 0.1) is 18.9 Å². The molecule has 120 valence electrons. The molecular weight excluding hydrogens is 302 g/mol. The number of benzene rings is 2. The Morgan fingerprint density at radius 1 is 1.17 bits per heavy atom. The van der Waals surface area contributed by atoms with E-state index < -0.39 is 0 Å². The highest BCUT2D eigenvalue weighted by Crippen LogP contribution is 2.26. The molecule has 0 radical (unpaired) electrons. The summed E-state index contributed by atoms with van der Waals surface area (Å²) in [6.07, 6.45) is 3.12. The van der Waals surface area contributed by atoms with Gasteiger partial charge in [-0.25, -0.2) is 5.43 Å². The summed E-state index contributed by atoms with van der Waals surface area (Å²) in [4.78, 5) is 16.2. The van der Waals surface area contributed by atoms with Gasteiger partial charge < -0.3 is 4.74 Å². The largest absolute Gasteiger partial charge is 0.496 e. The molecule has 5 nitrogen and oxygen atoms in total. The molecule has 0 unspecified atom stereocenters. The zero-order chi connectivity index (χ0) is 16.9. The molecule has 0 saturated carbocycles. The first-order chi connectivity index (χ1) is 11.7. The Bertz CT molecular complexity index is 902. The minimum absolute atomic E-state index is 0.307. The zero-order valence-electron chi connectivity index (χ0n) is 13.5. The molecule has 0 aliphatic heterocycles. The van der Waals surface area contributed by atoms with Gasteiger partial charge in [-0.05, 0) is 35.9 Å². The van der Waals surface area contributed by atoms with Crippen LogP contribution in [0.4, 0.5) is 0 Å². The highest BCUT2D eigenvalue weighted by Gasteiger charge is 2.07. The molecule has 0 bridgehead atoms. The van der Waals surface area contributed by atoms with Gasteiger partial charge in [-0.15, -0.1) is 0 Å². The molecule has 0 spiro atoms. The Balaban J connectivity index is 1.85. The van der Waals surface area contributed by atoms with E-state index in [-0.39, 0.29) is 5.91 Å². The minimum Gasteiger partial charge on any atom is -0.496 e. The molecule has 0 fully saturated rings. The first-order valence-corrected chi connectivity index (χ1v) is 7.51. The van der Waals surface area contributed by atoms with Crippen molar-refractivity contribution >= 4 is 22.9 Å². The number of carbonyl (C=O) groups excluding carboxylic acids is 1. The summed E-state index contributed by atoms with van der Waals surface area (Å²) in [5.74, 6) is 0.390. The summed E-state index contributed by atoms with van der Waals surface area (Å²) in [6.45, 7) is 1.87. The molecule has 24 heavy (non-hydrogen) atoms. The van der Waals surface area contributed by atoms with Gasteiger partial charge in [0.15, 0.2) is 0 Å². The predicted octanol–water partition coefficient (Wildman–Crippen LogP) is 3.32. The number of pyridine rings is 1. The van der Waals surface area contributed by atoms with Crippen LogP contribution in [0.5, 0.6) is 5.75 Å². The number of amides is 1. The van der Waals surface area contributed by atoms with E-state index in [2.05, 4.69) is 15.5 Å². The Labute approximate surface area is 140 Å². The Kier molecular flexibility index (Phi) is 4.52. The monoisotopic (exact) mass is 319 g/mol. The number of aryl methyl sites for hydroxylation is 1. The van der Waals surface area contributed by atoms with Gasteiger partial charge in [0, 0.05) is 17.5 Å². The molecular formula is C19H17N3O2. The number of ether oxygens (including phenoxy) is 1. The van der Waals surface area contributed by atoms with E-state index in [1.807, 2.05) is 43.3 Å². The molecule has 1 heterocycles. The maximum absolute atomic E-state index is 12.1.